The third kappa shape index (κ3) is 1.21. The number of hydrogen-bond donors (Lipinski definition) is 1. The van der Waals surface area contributed by atoms with Crippen LogP contribution >= 0.6 is 0 Å². The van der Waals surface area contributed by atoms with E-state index in [1.807, 2.05) is 41.1 Å². The monoisotopic (exact) mass is 198 g/mol. The summed E-state index contributed by atoms with van der Waals surface area (Å²) in [6, 6.07) is 10.1. The van der Waals surface area contributed by atoms with Crippen LogP contribution in [0.2, 0.25) is 0 Å². The number of aromatic nitrogens is 2. The molecule has 0 unspecified atom stereocenters. The van der Waals surface area contributed by atoms with Gasteiger partial charge in [-0.2, -0.15) is 0 Å². The van der Waals surface area contributed by atoms with E-state index in [0.717, 1.165) is 11.0 Å². The summed E-state index contributed by atoms with van der Waals surface area (Å²) in [7, 11) is 0. The van der Waals surface area contributed by atoms with Crippen LogP contribution in [0.5, 0.6) is 0 Å². The molecule has 0 radical (unpaired) electrons. The van der Waals surface area contributed by atoms with Gasteiger partial charge in [-0.1, -0.05) is 24.3 Å². The van der Waals surface area contributed by atoms with Gasteiger partial charge in [0.2, 0.25) is 0 Å². The van der Waals surface area contributed by atoms with E-state index in [1.54, 1.807) is 0 Å². The second-order valence-electron chi connectivity index (χ2n) is 3.52. The summed E-state index contributed by atoms with van der Waals surface area (Å²) < 4.78 is 1.94. The molecule has 3 heteroatoms. The molecule has 1 N–H and O–H groups in total. The molecule has 0 bridgehead atoms. The van der Waals surface area contributed by atoms with Crippen molar-refractivity contribution in [1.29, 1.82) is 0 Å². The Morgan fingerprint density at radius 2 is 2.07 bits per heavy atom. The van der Waals surface area contributed by atoms with Gasteiger partial charge in [-0.3, -0.25) is 0 Å². The molecule has 0 spiro atoms. The van der Waals surface area contributed by atoms with Crippen molar-refractivity contribution in [1.82, 2.24) is 9.38 Å². The van der Waals surface area contributed by atoms with Crippen LogP contribution in [0.25, 0.3) is 16.4 Å². The van der Waals surface area contributed by atoms with Crippen molar-refractivity contribution in [3.05, 3.63) is 48.4 Å². The number of aliphatic hydroxyl groups is 1. The van der Waals surface area contributed by atoms with E-state index >= 15 is 0 Å². The molecule has 0 atom stereocenters. The molecule has 0 aliphatic rings. The van der Waals surface area contributed by atoms with E-state index in [2.05, 4.69) is 11.1 Å². The normalized spacial score (nSPS) is 11.3. The first kappa shape index (κ1) is 8.44. The predicted molar refractivity (Wildman–Crippen MR) is 58.6 cm³/mol. The van der Waals surface area contributed by atoms with Gasteiger partial charge in [-0.15, -0.1) is 0 Å². The van der Waals surface area contributed by atoms with Crippen LogP contribution in [-0.2, 0) is 6.61 Å². The molecular formula is C12H10N2O. The summed E-state index contributed by atoms with van der Waals surface area (Å²) in [5.41, 5.74) is 1.60. The highest BCUT2D eigenvalue weighted by molar-refractivity contribution is 5.93. The van der Waals surface area contributed by atoms with Crippen molar-refractivity contribution < 1.29 is 5.11 Å². The zero-order chi connectivity index (χ0) is 10.3. The van der Waals surface area contributed by atoms with E-state index in [-0.39, 0.29) is 6.61 Å². The SMILES string of the molecule is OCc1cn2ccc3ccccc3c2n1. The Hall–Kier alpha value is -1.87. The van der Waals surface area contributed by atoms with Crippen molar-refractivity contribution in [3.8, 4) is 0 Å². The number of aliphatic hydroxyl groups excluding tert-OH is 1. The number of rotatable bonds is 1. The number of benzene rings is 1. The second-order valence-corrected chi connectivity index (χ2v) is 3.52. The van der Waals surface area contributed by atoms with E-state index in [1.165, 1.54) is 5.39 Å². The van der Waals surface area contributed by atoms with Crippen LogP contribution in [0.15, 0.2) is 42.7 Å². The van der Waals surface area contributed by atoms with Crippen molar-refractivity contribution >= 4 is 16.4 Å². The van der Waals surface area contributed by atoms with Crippen LogP contribution in [0.3, 0.4) is 0 Å². The van der Waals surface area contributed by atoms with E-state index in [0.29, 0.717) is 5.69 Å². The van der Waals surface area contributed by atoms with Gasteiger partial charge in [0.1, 0.15) is 5.65 Å². The van der Waals surface area contributed by atoms with Crippen LogP contribution in [0.1, 0.15) is 5.69 Å². The molecule has 0 fully saturated rings. The summed E-state index contributed by atoms with van der Waals surface area (Å²) in [6.07, 6.45) is 3.81. The molecule has 0 saturated heterocycles. The van der Waals surface area contributed by atoms with Crippen molar-refractivity contribution in [2.24, 2.45) is 0 Å². The van der Waals surface area contributed by atoms with Gasteiger partial charge in [-0.25, -0.2) is 4.98 Å². The zero-order valence-electron chi connectivity index (χ0n) is 8.09. The van der Waals surface area contributed by atoms with Crippen LogP contribution in [0, 0.1) is 0 Å². The minimum absolute atomic E-state index is 0.0179. The Morgan fingerprint density at radius 3 is 2.93 bits per heavy atom. The van der Waals surface area contributed by atoms with Gasteiger partial charge in [-0.05, 0) is 11.5 Å². The third-order valence-electron chi connectivity index (χ3n) is 2.56. The molecule has 1 aromatic carbocycles. The zero-order valence-corrected chi connectivity index (χ0v) is 8.09. The number of pyridine rings is 1. The van der Waals surface area contributed by atoms with E-state index < -0.39 is 0 Å². The average molecular weight is 198 g/mol. The maximum Gasteiger partial charge on any atom is 0.145 e. The molecule has 2 aromatic heterocycles. The Kier molecular flexibility index (Phi) is 1.73. The number of nitrogens with zero attached hydrogens (tertiary/aromatic N) is 2. The molecule has 3 rings (SSSR count). The van der Waals surface area contributed by atoms with Gasteiger partial charge in [0, 0.05) is 17.8 Å². The molecule has 0 aliphatic heterocycles. The predicted octanol–water partition coefficient (Wildman–Crippen LogP) is 1.98. The van der Waals surface area contributed by atoms with Crippen LogP contribution < -0.4 is 0 Å². The summed E-state index contributed by atoms with van der Waals surface area (Å²) in [6.45, 7) is -0.0179. The Morgan fingerprint density at radius 1 is 1.20 bits per heavy atom. The largest absolute Gasteiger partial charge is 0.390 e. The van der Waals surface area contributed by atoms with E-state index in [9.17, 15) is 0 Å². The van der Waals surface area contributed by atoms with Crippen molar-refractivity contribution in [2.75, 3.05) is 0 Å². The molecule has 2 heterocycles. The van der Waals surface area contributed by atoms with Crippen molar-refractivity contribution in [3.63, 3.8) is 0 Å². The fourth-order valence-corrected chi connectivity index (χ4v) is 1.84. The molecule has 0 aliphatic carbocycles. The van der Waals surface area contributed by atoms with Gasteiger partial charge in [0.25, 0.3) is 0 Å². The molecule has 3 aromatic rings. The maximum atomic E-state index is 9.03. The van der Waals surface area contributed by atoms with Gasteiger partial charge in [0.15, 0.2) is 0 Å². The van der Waals surface area contributed by atoms with Crippen LogP contribution in [0.4, 0.5) is 0 Å². The van der Waals surface area contributed by atoms with E-state index in [4.69, 9.17) is 5.11 Å². The molecule has 3 nitrogen and oxygen atoms in total. The Labute approximate surface area is 86.6 Å². The van der Waals surface area contributed by atoms with Crippen LogP contribution in [-0.4, -0.2) is 14.5 Å². The lowest BCUT2D eigenvalue weighted by Crippen LogP contribution is -1.83. The van der Waals surface area contributed by atoms with Crippen molar-refractivity contribution in [2.45, 2.75) is 6.61 Å². The first-order valence-corrected chi connectivity index (χ1v) is 4.85. The quantitative estimate of drug-likeness (QED) is 0.649. The molecular weight excluding hydrogens is 188 g/mol. The Balaban J connectivity index is 2.47. The summed E-state index contributed by atoms with van der Waals surface area (Å²) in [5, 5.41) is 11.3. The highest BCUT2D eigenvalue weighted by Gasteiger charge is 2.03. The fraction of sp³-hybridized carbons (Fsp3) is 0.0833. The molecule has 74 valence electrons. The maximum absolute atomic E-state index is 9.03. The van der Waals surface area contributed by atoms with Gasteiger partial charge < -0.3 is 9.51 Å². The summed E-state index contributed by atoms with van der Waals surface area (Å²) in [5.74, 6) is 0. The third-order valence-corrected chi connectivity index (χ3v) is 2.56. The lowest BCUT2D eigenvalue weighted by atomic mass is 10.2. The molecule has 15 heavy (non-hydrogen) atoms. The number of fused-ring (bicyclic) bond motifs is 3. The second kappa shape index (κ2) is 3.07. The average Bonchev–Trinajstić information content (AvgIpc) is 2.72. The number of hydrogen-bond acceptors (Lipinski definition) is 2. The first-order chi connectivity index (χ1) is 7.38. The molecule has 0 amide bonds. The highest BCUT2D eigenvalue weighted by atomic mass is 16.3. The first-order valence-electron chi connectivity index (χ1n) is 4.85. The summed E-state index contributed by atoms with van der Waals surface area (Å²) in [4.78, 5) is 4.37. The Bertz CT molecular complexity index is 628. The fourth-order valence-electron chi connectivity index (χ4n) is 1.84. The topological polar surface area (TPSA) is 37.5 Å². The molecule has 0 saturated carbocycles. The minimum atomic E-state index is -0.0179. The van der Waals surface area contributed by atoms with Gasteiger partial charge >= 0.3 is 0 Å². The summed E-state index contributed by atoms with van der Waals surface area (Å²) >= 11 is 0. The lowest BCUT2D eigenvalue weighted by molar-refractivity contribution is 0.277. The standard InChI is InChI=1S/C12H10N2O/c15-8-10-7-14-6-5-9-3-1-2-4-11(9)12(14)13-10/h1-7,15H,8H2. The highest BCUT2D eigenvalue weighted by Crippen LogP contribution is 2.19. The lowest BCUT2D eigenvalue weighted by Gasteiger charge is -1.98. The minimum Gasteiger partial charge on any atom is -0.390 e. The smallest absolute Gasteiger partial charge is 0.145 e. The van der Waals surface area contributed by atoms with Gasteiger partial charge in [0.05, 0.1) is 12.3 Å². The number of imidazole rings is 1.